The molecule has 0 bridgehead atoms. The minimum atomic E-state index is -5.08. The first-order valence-corrected chi connectivity index (χ1v) is 14.4. The van der Waals surface area contributed by atoms with E-state index < -0.39 is 24.3 Å². The van der Waals surface area contributed by atoms with Crippen molar-refractivity contribution in [2.45, 2.75) is 57.5 Å². The maximum atomic E-state index is 10.6. The Hall–Kier alpha value is -4.12. The van der Waals surface area contributed by atoms with Crippen LogP contribution in [0.2, 0.25) is 0 Å². The molecule has 4 rings (SSSR count). The Balaban J connectivity index is 0.000000459. The van der Waals surface area contributed by atoms with Gasteiger partial charge in [-0.15, -0.1) is 0 Å². The first kappa shape index (κ1) is 39.1. The van der Waals surface area contributed by atoms with Crippen LogP contribution in [0.25, 0.3) is 11.0 Å². The molecule has 0 amide bonds. The van der Waals surface area contributed by atoms with Crippen LogP contribution < -0.4 is 9.64 Å². The summed E-state index contributed by atoms with van der Waals surface area (Å²) < 4.78 is 76.3. The van der Waals surface area contributed by atoms with Crippen molar-refractivity contribution in [2.75, 3.05) is 52.4 Å². The highest BCUT2D eigenvalue weighted by molar-refractivity contribution is 5.87. The molecule has 262 valence electrons. The lowest BCUT2D eigenvalue weighted by molar-refractivity contribution is -0.193. The Labute approximate surface area is 267 Å². The standard InChI is InChI=1S/C26H37N5O2.2C2HF3O2/c1-19(2)31-18-27-25-24(31)16-23(28-26(25)29(3)14-15-32-4)21-10-12-30(13-11-21)17-20-6-8-22(33-5)9-7-20;2*3-2(4,5)1(6)7/h6-9,16,18-19,21H,10-15,17H2,1-5H3;2*(H,6,7). The Morgan fingerprint density at radius 2 is 1.53 bits per heavy atom. The van der Waals surface area contributed by atoms with E-state index in [1.54, 1.807) is 14.2 Å². The lowest BCUT2D eigenvalue weighted by atomic mass is 9.92. The zero-order valence-electron chi connectivity index (χ0n) is 26.6. The van der Waals surface area contributed by atoms with Gasteiger partial charge >= 0.3 is 24.3 Å². The first-order valence-electron chi connectivity index (χ1n) is 14.4. The number of piperidine rings is 1. The number of halogens is 6. The number of nitrogens with zero attached hydrogens (tertiary/aromatic N) is 5. The number of benzene rings is 1. The zero-order chi connectivity index (χ0) is 35.5. The van der Waals surface area contributed by atoms with Gasteiger partial charge in [-0.25, -0.2) is 19.6 Å². The fourth-order valence-corrected chi connectivity index (χ4v) is 4.63. The topological polar surface area (TPSA) is 130 Å². The fourth-order valence-electron chi connectivity index (χ4n) is 4.63. The number of methoxy groups -OCH3 is 2. The Morgan fingerprint density at radius 3 is 1.98 bits per heavy atom. The van der Waals surface area contributed by atoms with Crippen molar-refractivity contribution in [2.24, 2.45) is 0 Å². The molecule has 3 aromatic rings. The normalized spacial score (nSPS) is 14.2. The number of likely N-dealkylation sites (N-methyl/N-ethyl adjacent to an activating group) is 1. The minimum absolute atomic E-state index is 0.355. The number of rotatable bonds is 9. The minimum Gasteiger partial charge on any atom is -0.497 e. The van der Waals surface area contributed by atoms with Gasteiger partial charge in [0.05, 0.1) is 25.6 Å². The predicted molar refractivity (Wildman–Crippen MR) is 161 cm³/mol. The van der Waals surface area contributed by atoms with Gasteiger partial charge in [0.2, 0.25) is 0 Å². The van der Waals surface area contributed by atoms with Crippen molar-refractivity contribution < 1.29 is 55.6 Å². The van der Waals surface area contributed by atoms with E-state index in [2.05, 4.69) is 53.5 Å². The maximum absolute atomic E-state index is 10.6. The molecule has 0 saturated carbocycles. The van der Waals surface area contributed by atoms with Crippen LogP contribution in [-0.4, -0.2) is 101 Å². The molecule has 1 aliphatic heterocycles. The average Bonchev–Trinajstić information content (AvgIpc) is 3.44. The molecule has 1 fully saturated rings. The Bertz CT molecular complexity index is 1410. The van der Waals surface area contributed by atoms with Crippen LogP contribution in [0.1, 0.15) is 49.9 Å². The van der Waals surface area contributed by atoms with Crippen LogP contribution >= 0.6 is 0 Å². The summed E-state index contributed by atoms with van der Waals surface area (Å²) in [5.74, 6) is -3.18. The number of hydrogen-bond donors (Lipinski definition) is 2. The van der Waals surface area contributed by atoms with Gasteiger partial charge in [-0.05, 0) is 63.5 Å². The second-order valence-corrected chi connectivity index (χ2v) is 10.9. The third-order valence-electron chi connectivity index (χ3n) is 7.17. The summed E-state index contributed by atoms with van der Waals surface area (Å²) in [5, 5.41) is 14.2. The van der Waals surface area contributed by atoms with E-state index in [0.717, 1.165) is 56.1 Å². The van der Waals surface area contributed by atoms with Crippen LogP contribution in [0.3, 0.4) is 0 Å². The van der Waals surface area contributed by atoms with E-state index >= 15 is 0 Å². The monoisotopic (exact) mass is 679 g/mol. The summed E-state index contributed by atoms with van der Waals surface area (Å²) in [6, 6.07) is 11.0. The molecule has 0 aliphatic carbocycles. The lowest BCUT2D eigenvalue weighted by Crippen LogP contribution is -2.33. The largest absolute Gasteiger partial charge is 0.497 e. The van der Waals surface area contributed by atoms with Gasteiger partial charge in [0.25, 0.3) is 0 Å². The molecule has 2 N–H and O–H groups in total. The van der Waals surface area contributed by atoms with Crippen molar-refractivity contribution in [3.63, 3.8) is 0 Å². The highest BCUT2D eigenvalue weighted by Gasteiger charge is 2.39. The lowest BCUT2D eigenvalue weighted by Gasteiger charge is -2.32. The zero-order valence-corrected chi connectivity index (χ0v) is 26.6. The van der Waals surface area contributed by atoms with Crippen LogP contribution in [0, 0.1) is 0 Å². The van der Waals surface area contributed by atoms with E-state index in [0.29, 0.717) is 18.6 Å². The third-order valence-corrected chi connectivity index (χ3v) is 7.17. The number of likely N-dealkylation sites (tertiary alicyclic amines) is 1. The number of carboxylic acid groups (broad SMARTS) is 2. The van der Waals surface area contributed by atoms with Gasteiger partial charge in [0.15, 0.2) is 5.82 Å². The van der Waals surface area contributed by atoms with Crippen LogP contribution in [-0.2, 0) is 20.9 Å². The number of anilines is 1. The van der Waals surface area contributed by atoms with Gasteiger partial charge in [0, 0.05) is 44.9 Å². The SMILES string of the molecule is COCCN(C)c1nc(C2CCN(Cc3ccc(OC)cc3)CC2)cc2c1ncn2C(C)C.O=C(O)C(F)(F)F.O=C(O)C(F)(F)F. The van der Waals surface area contributed by atoms with Gasteiger partial charge in [-0.1, -0.05) is 12.1 Å². The van der Waals surface area contributed by atoms with Gasteiger partial charge < -0.3 is 29.2 Å². The number of pyridine rings is 1. The third kappa shape index (κ3) is 11.9. The van der Waals surface area contributed by atoms with Gasteiger partial charge in [-0.3, -0.25) is 4.90 Å². The van der Waals surface area contributed by atoms with Crippen LogP contribution in [0.4, 0.5) is 32.2 Å². The maximum Gasteiger partial charge on any atom is 0.490 e. The highest BCUT2D eigenvalue weighted by atomic mass is 19.4. The molecule has 1 aromatic carbocycles. The van der Waals surface area contributed by atoms with Crippen molar-refractivity contribution in [3.05, 3.63) is 47.9 Å². The van der Waals surface area contributed by atoms with E-state index in [4.69, 9.17) is 39.2 Å². The van der Waals surface area contributed by atoms with Crippen molar-refractivity contribution >= 4 is 28.8 Å². The summed E-state index contributed by atoms with van der Waals surface area (Å²) >= 11 is 0. The number of ether oxygens (including phenoxy) is 2. The molecule has 0 atom stereocenters. The summed E-state index contributed by atoms with van der Waals surface area (Å²) in [4.78, 5) is 32.4. The average molecular weight is 680 g/mol. The van der Waals surface area contributed by atoms with Gasteiger partial charge in [0.1, 0.15) is 11.3 Å². The number of carbonyl (C=O) groups is 2. The highest BCUT2D eigenvalue weighted by Crippen LogP contribution is 2.33. The number of hydrogen-bond acceptors (Lipinski definition) is 8. The van der Waals surface area contributed by atoms with Crippen LogP contribution in [0.15, 0.2) is 36.7 Å². The second kappa shape index (κ2) is 17.2. The number of imidazole rings is 1. The van der Waals surface area contributed by atoms with Gasteiger partial charge in [-0.2, -0.15) is 26.3 Å². The number of aromatic nitrogens is 3. The van der Waals surface area contributed by atoms with Crippen molar-refractivity contribution in [1.82, 2.24) is 19.4 Å². The molecular weight excluding hydrogens is 640 g/mol. The van der Waals surface area contributed by atoms with E-state index in [9.17, 15) is 26.3 Å². The number of carboxylic acids is 2. The van der Waals surface area contributed by atoms with Crippen molar-refractivity contribution in [1.29, 1.82) is 0 Å². The molecule has 11 nitrogen and oxygen atoms in total. The molecule has 0 unspecified atom stereocenters. The summed E-state index contributed by atoms with van der Waals surface area (Å²) in [6.07, 6.45) is -5.98. The van der Waals surface area contributed by atoms with E-state index in [1.807, 2.05) is 18.5 Å². The fraction of sp³-hybridized carbons (Fsp3) is 0.533. The number of fused-ring (bicyclic) bond motifs is 1. The Kier molecular flexibility index (Phi) is 14.3. The summed E-state index contributed by atoms with van der Waals surface area (Å²) in [6.45, 7) is 8.99. The molecule has 3 heterocycles. The molecule has 0 spiro atoms. The molecular formula is C30H39F6N5O6. The smallest absolute Gasteiger partial charge is 0.490 e. The van der Waals surface area contributed by atoms with E-state index in [1.165, 1.54) is 16.8 Å². The van der Waals surface area contributed by atoms with Crippen LogP contribution in [0.5, 0.6) is 5.75 Å². The Morgan fingerprint density at radius 1 is 1.00 bits per heavy atom. The van der Waals surface area contributed by atoms with Crippen molar-refractivity contribution in [3.8, 4) is 5.75 Å². The first-order chi connectivity index (χ1) is 21.9. The quantitative estimate of drug-likeness (QED) is 0.270. The van der Waals surface area contributed by atoms with E-state index in [-0.39, 0.29) is 0 Å². The number of aliphatic carboxylic acids is 2. The number of alkyl halides is 6. The molecule has 1 aliphatic rings. The summed E-state index contributed by atoms with van der Waals surface area (Å²) in [5.41, 5.74) is 4.67. The molecule has 47 heavy (non-hydrogen) atoms. The molecule has 1 saturated heterocycles. The molecule has 17 heteroatoms. The molecule has 0 radical (unpaired) electrons. The summed E-state index contributed by atoms with van der Waals surface area (Å²) in [7, 11) is 5.52. The second-order valence-electron chi connectivity index (χ2n) is 10.9. The predicted octanol–water partition coefficient (Wildman–Crippen LogP) is 5.75. The molecule has 2 aromatic heterocycles.